The molecule has 0 aromatic heterocycles. The maximum Gasteiger partial charge on any atom is 0.178 e. The summed E-state index contributed by atoms with van der Waals surface area (Å²) in [7, 11) is 0. The lowest BCUT2D eigenvalue weighted by Gasteiger charge is -2.29. The van der Waals surface area contributed by atoms with Gasteiger partial charge in [0, 0.05) is 21.4 Å². The fraction of sp³-hybridized carbons (Fsp3) is 0.364. The van der Waals surface area contributed by atoms with Gasteiger partial charge < -0.3 is 0 Å². The molecule has 0 unspecified atom stereocenters. The Bertz CT molecular complexity index is 440. The van der Waals surface area contributed by atoms with E-state index in [4.69, 9.17) is 23.2 Å². The zero-order valence-corrected chi connectivity index (χ0v) is 10.8. The molecular weight excluding hydrogens is 251 g/mol. The van der Waals surface area contributed by atoms with Gasteiger partial charge in [0.05, 0.1) is 4.75 Å². The number of benzene rings is 1. The zero-order chi connectivity index (χ0) is 11.2. The SMILES string of the molecule is CC1(C)SCc2c(Cl)cc(Cl)cc2C1=O. The summed E-state index contributed by atoms with van der Waals surface area (Å²) in [6, 6.07) is 3.40. The highest BCUT2D eigenvalue weighted by Crippen LogP contribution is 2.41. The zero-order valence-electron chi connectivity index (χ0n) is 8.43. The molecule has 1 aromatic rings. The molecule has 1 aliphatic heterocycles. The van der Waals surface area contributed by atoms with Crippen LogP contribution in [-0.4, -0.2) is 10.5 Å². The van der Waals surface area contributed by atoms with Crippen LogP contribution in [-0.2, 0) is 5.75 Å². The van der Waals surface area contributed by atoms with Crippen molar-refractivity contribution in [3.8, 4) is 0 Å². The topological polar surface area (TPSA) is 17.1 Å². The average molecular weight is 261 g/mol. The molecule has 0 saturated carbocycles. The monoisotopic (exact) mass is 260 g/mol. The first-order valence-corrected chi connectivity index (χ1v) is 6.32. The van der Waals surface area contributed by atoms with Gasteiger partial charge in [0.25, 0.3) is 0 Å². The Morgan fingerprint density at radius 2 is 2.00 bits per heavy atom. The van der Waals surface area contributed by atoms with Gasteiger partial charge in [0.15, 0.2) is 5.78 Å². The molecule has 1 aromatic carbocycles. The molecule has 0 bridgehead atoms. The van der Waals surface area contributed by atoms with Crippen molar-refractivity contribution in [2.45, 2.75) is 24.3 Å². The lowest BCUT2D eigenvalue weighted by atomic mass is 9.95. The fourth-order valence-corrected chi connectivity index (χ4v) is 3.29. The van der Waals surface area contributed by atoms with E-state index < -0.39 is 0 Å². The van der Waals surface area contributed by atoms with Crippen LogP contribution in [0, 0.1) is 0 Å². The molecule has 0 radical (unpaired) electrons. The molecule has 0 fully saturated rings. The van der Waals surface area contributed by atoms with Gasteiger partial charge in [-0.1, -0.05) is 23.2 Å². The molecule has 0 saturated heterocycles. The van der Waals surface area contributed by atoms with Crippen LogP contribution in [0.1, 0.15) is 29.8 Å². The Balaban J connectivity index is 2.62. The van der Waals surface area contributed by atoms with Crippen LogP contribution in [0.3, 0.4) is 0 Å². The quantitative estimate of drug-likeness (QED) is 0.696. The molecule has 15 heavy (non-hydrogen) atoms. The maximum absolute atomic E-state index is 12.1. The number of carbonyl (C=O) groups excluding carboxylic acids is 1. The summed E-state index contributed by atoms with van der Waals surface area (Å²) >= 11 is 13.6. The number of Topliss-reactive ketones (excluding diaryl/α,β-unsaturated/α-hetero) is 1. The smallest absolute Gasteiger partial charge is 0.178 e. The van der Waals surface area contributed by atoms with Crippen molar-refractivity contribution < 1.29 is 4.79 Å². The third-order valence-corrected chi connectivity index (χ3v) is 4.42. The normalized spacial score (nSPS) is 18.8. The number of rotatable bonds is 0. The highest BCUT2D eigenvalue weighted by molar-refractivity contribution is 8.00. The summed E-state index contributed by atoms with van der Waals surface area (Å²) in [5.74, 6) is 0.877. The molecule has 1 aliphatic rings. The molecule has 1 heterocycles. The van der Waals surface area contributed by atoms with Crippen molar-refractivity contribution in [1.29, 1.82) is 0 Å². The first-order chi connectivity index (χ1) is 6.92. The van der Waals surface area contributed by atoms with E-state index in [1.807, 2.05) is 13.8 Å². The average Bonchev–Trinajstić information content (AvgIpc) is 2.12. The van der Waals surface area contributed by atoms with Crippen molar-refractivity contribution in [1.82, 2.24) is 0 Å². The second-order valence-corrected chi connectivity index (χ2v) is 6.48. The Morgan fingerprint density at radius 3 is 2.67 bits per heavy atom. The minimum atomic E-state index is -0.374. The van der Waals surface area contributed by atoms with Gasteiger partial charge in [0.1, 0.15) is 0 Å². The predicted molar refractivity (Wildman–Crippen MR) is 66.2 cm³/mol. The van der Waals surface area contributed by atoms with Crippen LogP contribution in [0.25, 0.3) is 0 Å². The molecule has 0 N–H and O–H groups in total. The highest BCUT2D eigenvalue weighted by Gasteiger charge is 2.35. The number of hydrogen-bond acceptors (Lipinski definition) is 2. The highest BCUT2D eigenvalue weighted by atomic mass is 35.5. The van der Waals surface area contributed by atoms with Crippen LogP contribution in [0.2, 0.25) is 10.0 Å². The second-order valence-electron chi connectivity index (χ2n) is 4.04. The number of halogens is 2. The Morgan fingerprint density at radius 1 is 1.33 bits per heavy atom. The standard InChI is InChI=1S/C11H10Cl2OS/c1-11(2)10(14)7-3-6(12)4-9(13)8(7)5-15-11/h3-4H,5H2,1-2H3. The van der Waals surface area contributed by atoms with E-state index in [1.165, 1.54) is 0 Å². The van der Waals surface area contributed by atoms with Crippen molar-refractivity contribution in [3.63, 3.8) is 0 Å². The van der Waals surface area contributed by atoms with E-state index in [1.54, 1.807) is 23.9 Å². The summed E-state index contributed by atoms with van der Waals surface area (Å²) in [5.41, 5.74) is 1.59. The lowest BCUT2D eigenvalue weighted by molar-refractivity contribution is 0.0955. The second kappa shape index (κ2) is 3.69. The molecule has 0 amide bonds. The minimum Gasteiger partial charge on any atom is -0.293 e. The molecular formula is C11H10Cl2OS. The van der Waals surface area contributed by atoms with E-state index in [0.717, 1.165) is 11.3 Å². The number of ketones is 1. The molecule has 4 heteroatoms. The molecule has 2 rings (SSSR count). The Hall–Kier alpha value is -0.180. The predicted octanol–water partition coefficient (Wildman–Crippen LogP) is 4.20. The van der Waals surface area contributed by atoms with Gasteiger partial charge in [-0.2, -0.15) is 0 Å². The molecule has 80 valence electrons. The summed E-state index contributed by atoms with van der Waals surface area (Å²) < 4.78 is -0.374. The first kappa shape index (κ1) is 11.3. The van der Waals surface area contributed by atoms with Crippen molar-refractivity contribution in [2.24, 2.45) is 0 Å². The minimum absolute atomic E-state index is 0.109. The van der Waals surface area contributed by atoms with Crippen LogP contribution >= 0.6 is 35.0 Å². The molecule has 0 aliphatic carbocycles. The van der Waals surface area contributed by atoms with Crippen molar-refractivity contribution in [3.05, 3.63) is 33.3 Å². The number of carbonyl (C=O) groups is 1. The van der Waals surface area contributed by atoms with Crippen molar-refractivity contribution in [2.75, 3.05) is 0 Å². The third-order valence-electron chi connectivity index (χ3n) is 2.53. The van der Waals surface area contributed by atoms with Gasteiger partial charge in [0.2, 0.25) is 0 Å². The summed E-state index contributed by atoms with van der Waals surface area (Å²) in [6.45, 7) is 3.86. The van der Waals surface area contributed by atoms with E-state index in [2.05, 4.69) is 0 Å². The summed E-state index contributed by atoms with van der Waals surface area (Å²) in [5, 5.41) is 1.11. The first-order valence-electron chi connectivity index (χ1n) is 4.58. The summed E-state index contributed by atoms with van der Waals surface area (Å²) in [6.07, 6.45) is 0. The number of fused-ring (bicyclic) bond motifs is 1. The van der Waals surface area contributed by atoms with Gasteiger partial charge >= 0.3 is 0 Å². The maximum atomic E-state index is 12.1. The van der Waals surface area contributed by atoms with Crippen LogP contribution in [0.5, 0.6) is 0 Å². The summed E-state index contributed by atoms with van der Waals surface area (Å²) in [4.78, 5) is 12.1. The van der Waals surface area contributed by atoms with Crippen molar-refractivity contribution >= 4 is 40.7 Å². The van der Waals surface area contributed by atoms with E-state index in [0.29, 0.717) is 15.6 Å². The van der Waals surface area contributed by atoms with Gasteiger partial charge in [-0.25, -0.2) is 0 Å². The van der Waals surface area contributed by atoms with E-state index >= 15 is 0 Å². The van der Waals surface area contributed by atoms with Gasteiger partial charge in [-0.3, -0.25) is 4.79 Å². The molecule has 1 nitrogen and oxygen atoms in total. The van der Waals surface area contributed by atoms with Gasteiger partial charge in [-0.15, -0.1) is 11.8 Å². The van der Waals surface area contributed by atoms with Crippen LogP contribution in [0.4, 0.5) is 0 Å². The lowest BCUT2D eigenvalue weighted by Crippen LogP contribution is -2.32. The van der Waals surface area contributed by atoms with Crippen LogP contribution < -0.4 is 0 Å². The fourth-order valence-electron chi connectivity index (χ4n) is 1.60. The largest absolute Gasteiger partial charge is 0.293 e. The number of hydrogen-bond donors (Lipinski definition) is 0. The van der Waals surface area contributed by atoms with Crippen LogP contribution in [0.15, 0.2) is 12.1 Å². The molecule has 0 atom stereocenters. The van der Waals surface area contributed by atoms with Gasteiger partial charge in [-0.05, 0) is 31.5 Å². The number of thioether (sulfide) groups is 1. The van der Waals surface area contributed by atoms with E-state index in [9.17, 15) is 4.79 Å². The van der Waals surface area contributed by atoms with E-state index in [-0.39, 0.29) is 10.5 Å². The third kappa shape index (κ3) is 1.91. The molecule has 0 spiro atoms. The Kier molecular flexibility index (Phi) is 2.78. The Labute approximate surface area is 103 Å².